The van der Waals surface area contributed by atoms with Gasteiger partial charge in [0.15, 0.2) is 5.82 Å². The highest BCUT2D eigenvalue weighted by Gasteiger charge is 2.16. The van der Waals surface area contributed by atoms with Crippen molar-refractivity contribution in [2.24, 2.45) is 5.73 Å². The van der Waals surface area contributed by atoms with Crippen molar-refractivity contribution >= 4 is 5.91 Å². The second-order valence-electron chi connectivity index (χ2n) is 3.03. The molecule has 0 aromatic carbocycles. The van der Waals surface area contributed by atoms with E-state index < -0.39 is 5.82 Å². The molecule has 1 aromatic rings. The number of rotatable bonds is 4. The van der Waals surface area contributed by atoms with E-state index in [1.807, 2.05) is 6.92 Å². The van der Waals surface area contributed by atoms with Crippen LogP contribution in [-0.2, 0) is 0 Å². The van der Waals surface area contributed by atoms with Crippen LogP contribution in [0.5, 0.6) is 0 Å². The maximum Gasteiger partial charge on any atom is 0.256 e. The van der Waals surface area contributed by atoms with Gasteiger partial charge in [0, 0.05) is 25.8 Å². The SMILES string of the molecule is CCN(CCN)C(=O)c1ccncc1F. The molecule has 0 saturated heterocycles. The van der Waals surface area contributed by atoms with Crippen LogP contribution >= 0.6 is 0 Å². The van der Waals surface area contributed by atoms with Crippen LogP contribution in [0.2, 0.25) is 0 Å². The van der Waals surface area contributed by atoms with Gasteiger partial charge in [-0.1, -0.05) is 0 Å². The van der Waals surface area contributed by atoms with Crippen molar-refractivity contribution in [3.63, 3.8) is 0 Å². The molecule has 15 heavy (non-hydrogen) atoms. The number of hydrogen-bond acceptors (Lipinski definition) is 3. The lowest BCUT2D eigenvalue weighted by Crippen LogP contribution is -2.35. The molecule has 0 unspecified atom stereocenters. The van der Waals surface area contributed by atoms with Gasteiger partial charge in [-0.3, -0.25) is 9.78 Å². The van der Waals surface area contributed by atoms with Crippen LogP contribution in [0, 0.1) is 5.82 Å². The normalized spacial score (nSPS) is 10.1. The Balaban J connectivity index is 2.88. The number of nitrogens with zero attached hydrogens (tertiary/aromatic N) is 2. The summed E-state index contributed by atoms with van der Waals surface area (Å²) in [6, 6.07) is 1.37. The van der Waals surface area contributed by atoms with E-state index >= 15 is 0 Å². The summed E-state index contributed by atoms with van der Waals surface area (Å²) in [4.78, 5) is 16.9. The highest BCUT2D eigenvalue weighted by Crippen LogP contribution is 2.08. The predicted molar refractivity (Wildman–Crippen MR) is 54.8 cm³/mol. The maximum absolute atomic E-state index is 13.2. The van der Waals surface area contributed by atoms with E-state index in [0.717, 1.165) is 6.20 Å². The zero-order valence-corrected chi connectivity index (χ0v) is 8.61. The fourth-order valence-corrected chi connectivity index (χ4v) is 1.28. The summed E-state index contributed by atoms with van der Waals surface area (Å²) < 4.78 is 13.2. The Hall–Kier alpha value is -1.49. The van der Waals surface area contributed by atoms with Crippen molar-refractivity contribution < 1.29 is 9.18 Å². The van der Waals surface area contributed by atoms with Crippen LogP contribution in [0.3, 0.4) is 0 Å². The van der Waals surface area contributed by atoms with Crippen LogP contribution in [0.4, 0.5) is 4.39 Å². The zero-order valence-electron chi connectivity index (χ0n) is 8.61. The molecule has 2 N–H and O–H groups in total. The van der Waals surface area contributed by atoms with Crippen molar-refractivity contribution in [2.45, 2.75) is 6.92 Å². The van der Waals surface area contributed by atoms with Crippen LogP contribution in [0.1, 0.15) is 17.3 Å². The lowest BCUT2D eigenvalue weighted by molar-refractivity contribution is 0.0764. The van der Waals surface area contributed by atoms with Gasteiger partial charge in [0.25, 0.3) is 5.91 Å². The molecule has 5 heteroatoms. The monoisotopic (exact) mass is 211 g/mol. The van der Waals surface area contributed by atoms with Crippen LogP contribution < -0.4 is 5.73 Å². The van der Waals surface area contributed by atoms with Gasteiger partial charge < -0.3 is 10.6 Å². The van der Waals surface area contributed by atoms with Crippen molar-refractivity contribution in [3.05, 3.63) is 29.8 Å². The summed E-state index contributed by atoms with van der Waals surface area (Å²) in [6.07, 6.45) is 2.43. The lowest BCUT2D eigenvalue weighted by atomic mass is 10.2. The number of aromatic nitrogens is 1. The Labute approximate surface area is 87.9 Å². The molecule has 82 valence electrons. The number of carbonyl (C=O) groups excluding carboxylic acids is 1. The number of pyridine rings is 1. The Morgan fingerprint density at radius 1 is 1.67 bits per heavy atom. The Morgan fingerprint density at radius 2 is 2.40 bits per heavy atom. The van der Waals surface area contributed by atoms with E-state index in [1.165, 1.54) is 17.2 Å². The number of amides is 1. The topological polar surface area (TPSA) is 59.2 Å². The molecular formula is C10H14FN3O. The van der Waals surface area contributed by atoms with Gasteiger partial charge in [0.05, 0.1) is 11.8 Å². The van der Waals surface area contributed by atoms with Crippen molar-refractivity contribution in [1.29, 1.82) is 0 Å². The highest BCUT2D eigenvalue weighted by atomic mass is 19.1. The number of halogens is 1. The van der Waals surface area contributed by atoms with Gasteiger partial charge in [0.1, 0.15) is 0 Å². The molecule has 4 nitrogen and oxygen atoms in total. The van der Waals surface area contributed by atoms with Gasteiger partial charge in [0.2, 0.25) is 0 Å². The summed E-state index contributed by atoms with van der Waals surface area (Å²) in [5, 5.41) is 0. The molecule has 0 radical (unpaired) electrons. The summed E-state index contributed by atoms with van der Waals surface area (Å²) in [7, 11) is 0. The van der Waals surface area contributed by atoms with E-state index in [0.29, 0.717) is 19.6 Å². The molecule has 1 aromatic heterocycles. The number of nitrogens with two attached hydrogens (primary N) is 1. The van der Waals surface area contributed by atoms with Crippen LogP contribution in [0.15, 0.2) is 18.5 Å². The lowest BCUT2D eigenvalue weighted by Gasteiger charge is -2.19. The first-order valence-electron chi connectivity index (χ1n) is 4.79. The van der Waals surface area contributed by atoms with Crippen LogP contribution in [0.25, 0.3) is 0 Å². The number of carbonyl (C=O) groups is 1. The summed E-state index contributed by atoms with van der Waals surface area (Å²) in [6.45, 7) is 3.13. The molecule has 0 aliphatic rings. The van der Waals surface area contributed by atoms with Gasteiger partial charge in [-0.25, -0.2) is 4.39 Å². The summed E-state index contributed by atoms with van der Waals surface area (Å²) >= 11 is 0. The first-order chi connectivity index (χ1) is 7.20. The molecule has 1 amide bonds. The molecule has 0 aliphatic carbocycles. The largest absolute Gasteiger partial charge is 0.338 e. The minimum atomic E-state index is -0.599. The minimum Gasteiger partial charge on any atom is -0.338 e. The van der Waals surface area contributed by atoms with E-state index in [2.05, 4.69) is 4.98 Å². The smallest absolute Gasteiger partial charge is 0.256 e. The van der Waals surface area contributed by atoms with Crippen LogP contribution in [-0.4, -0.2) is 35.4 Å². The quantitative estimate of drug-likeness (QED) is 0.795. The molecule has 0 spiro atoms. The van der Waals surface area contributed by atoms with E-state index in [1.54, 1.807) is 0 Å². The van der Waals surface area contributed by atoms with E-state index in [9.17, 15) is 9.18 Å². The van der Waals surface area contributed by atoms with Crippen molar-refractivity contribution in [1.82, 2.24) is 9.88 Å². The first-order valence-corrected chi connectivity index (χ1v) is 4.79. The van der Waals surface area contributed by atoms with Gasteiger partial charge >= 0.3 is 0 Å². The molecule has 0 atom stereocenters. The van der Waals surface area contributed by atoms with Gasteiger partial charge in [-0.2, -0.15) is 0 Å². The average molecular weight is 211 g/mol. The summed E-state index contributed by atoms with van der Waals surface area (Å²) in [5.41, 5.74) is 5.40. The first kappa shape index (κ1) is 11.6. The van der Waals surface area contributed by atoms with Gasteiger partial charge in [-0.05, 0) is 13.0 Å². The molecule has 0 saturated carbocycles. The van der Waals surface area contributed by atoms with Gasteiger partial charge in [-0.15, -0.1) is 0 Å². The zero-order chi connectivity index (χ0) is 11.3. The molecule has 0 fully saturated rings. The molecular weight excluding hydrogens is 197 g/mol. The fraction of sp³-hybridized carbons (Fsp3) is 0.400. The maximum atomic E-state index is 13.2. The highest BCUT2D eigenvalue weighted by molar-refractivity contribution is 5.94. The van der Waals surface area contributed by atoms with Crippen molar-refractivity contribution in [2.75, 3.05) is 19.6 Å². The van der Waals surface area contributed by atoms with E-state index in [4.69, 9.17) is 5.73 Å². The third kappa shape index (κ3) is 2.73. The second kappa shape index (κ2) is 5.41. The van der Waals surface area contributed by atoms with Crippen molar-refractivity contribution in [3.8, 4) is 0 Å². The third-order valence-corrected chi connectivity index (χ3v) is 2.07. The minimum absolute atomic E-state index is 0.0419. The molecule has 1 rings (SSSR count). The number of hydrogen-bond donors (Lipinski definition) is 1. The standard InChI is InChI=1S/C10H14FN3O/c1-2-14(6-4-12)10(15)8-3-5-13-7-9(8)11/h3,5,7H,2,4,6,12H2,1H3. The second-order valence-corrected chi connectivity index (χ2v) is 3.03. The molecule has 1 heterocycles. The predicted octanol–water partition coefficient (Wildman–Crippen LogP) is 0.641. The fourth-order valence-electron chi connectivity index (χ4n) is 1.28. The number of likely N-dealkylation sites (N-methyl/N-ethyl adjacent to an activating group) is 1. The molecule has 0 aliphatic heterocycles. The Morgan fingerprint density at radius 3 is 2.93 bits per heavy atom. The Bertz CT molecular complexity index is 343. The van der Waals surface area contributed by atoms with E-state index in [-0.39, 0.29) is 11.5 Å². The third-order valence-electron chi connectivity index (χ3n) is 2.07. The molecule has 0 bridgehead atoms. The average Bonchev–Trinajstić information content (AvgIpc) is 2.25. The summed E-state index contributed by atoms with van der Waals surface area (Å²) in [5.74, 6) is -0.944. The Kier molecular flexibility index (Phi) is 4.17.